The molecule has 0 spiro atoms. The van der Waals surface area contributed by atoms with Crippen molar-refractivity contribution < 1.29 is 0 Å². The summed E-state index contributed by atoms with van der Waals surface area (Å²) in [5.74, 6) is 1.39. The van der Waals surface area contributed by atoms with Gasteiger partial charge in [-0.05, 0) is 43.9 Å². The summed E-state index contributed by atoms with van der Waals surface area (Å²) in [5, 5.41) is 0. The monoisotopic (exact) mass is 261 g/mol. The van der Waals surface area contributed by atoms with Crippen LogP contribution in [0, 0.1) is 5.92 Å². The van der Waals surface area contributed by atoms with Crippen molar-refractivity contribution in [1.82, 2.24) is 9.88 Å². The van der Waals surface area contributed by atoms with Gasteiger partial charge in [0.2, 0.25) is 0 Å². The molecule has 0 atom stereocenters. The first-order valence-corrected chi connectivity index (χ1v) is 7.60. The zero-order valence-electron chi connectivity index (χ0n) is 12.3. The molecule has 0 aromatic carbocycles. The molecule has 19 heavy (non-hydrogen) atoms. The number of hydrogen-bond acceptors (Lipinski definition) is 3. The third-order valence-electron chi connectivity index (χ3n) is 4.03. The highest BCUT2D eigenvalue weighted by atomic mass is 15.2. The Balaban J connectivity index is 1.99. The molecule has 1 saturated carbocycles. The molecule has 106 valence electrons. The van der Waals surface area contributed by atoms with Gasteiger partial charge < -0.3 is 5.73 Å². The van der Waals surface area contributed by atoms with Gasteiger partial charge >= 0.3 is 0 Å². The Morgan fingerprint density at radius 3 is 2.68 bits per heavy atom. The molecule has 0 saturated heterocycles. The molecule has 2 rings (SSSR count). The highest BCUT2D eigenvalue weighted by Crippen LogP contribution is 2.25. The van der Waals surface area contributed by atoms with Crippen LogP contribution in [-0.4, -0.2) is 22.5 Å². The van der Waals surface area contributed by atoms with Crippen LogP contribution in [0.5, 0.6) is 0 Å². The quantitative estimate of drug-likeness (QED) is 0.852. The van der Waals surface area contributed by atoms with Crippen LogP contribution in [0.4, 0.5) is 5.82 Å². The molecule has 3 heteroatoms. The molecule has 1 aliphatic rings. The molecule has 1 fully saturated rings. The molecule has 1 heterocycles. The fourth-order valence-electron chi connectivity index (χ4n) is 2.88. The molecular formula is C16H27N3. The second kappa shape index (κ2) is 6.90. The normalized spacial score (nSPS) is 16.6. The Morgan fingerprint density at radius 1 is 1.32 bits per heavy atom. The highest BCUT2D eigenvalue weighted by Gasteiger charge is 2.22. The summed E-state index contributed by atoms with van der Waals surface area (Å²) >= 11 is 0. The standard InChI is InChI=1S/C16H27N3/c1-13(2)10-11-19(15-7-3-4-8-15)12-14-6-5-9-16(17)18-14/h5-6,9,13,15H,3-4,7-8,10-12H2,1-2H3,(H2,17,18). The third-order valence-corrected chi connectivity index (χ3v) is 4.03. The van der Waals surface area contributed by atoms with Crippen LogP contribution in [0.2, 0.25) is 0 Å². The molecule has 1 aromatic heterocycles. The van der Waals surface area contributed by atoms with E-state index in [1.165, 1.54) is 38.6 Å². The number of rotatable bonds is 6. The first kappa shape index (κ1) is 14.3. The van der Waals surface area contributed by atoms with Gasteiger partial charge in [-0.25, -0.2) is 4.98 Å². The van der Waals surface area contributed by atoms with E-state index in [9.17, 15) is 0 Å². The average molecular weight is 261 g/mol. The van der Waals surface area contributed by atoms with E-state index in [1.807, 2.05) is 12.1 Å². The second-order valence-electron chi connectivity index (χ2n) is 6.15. The van der Waals surface area contributed by atoms with Crippen LogP contribution in [0.25, 0.3) is 0 Å². The lowest BCUT2D eigenvalue weighted by Crippen LogP contribution is -2.34. The molecule has 0 unspecified atom stereocenters. The zero-order chi connectivity index (χ0) is 13.7. The van der Waals surface area contributed by atoms with Crippen molar-refractivity contribution in [3.8, 4) is 0 Å². The van der Waals surface area contributed by atoms with E-state index in [0.717, 1.165) is 24.2 Å². The first-order valence-electron chi connectivity index (χ1n) is 7.60. The summed E-state index contributed by atoms with van der Waals surface area (Å²) in [6, 6.07) is 6.71. The lowest BCUT2D eigenvalue weighted by Gasteiger charge is -2.29. The van der Waals surface area contributed by atoms with E-state index in [-0.39, 0.29) is 0 Å². The molecule has 2 N–H and O–H groups in total. The maximum absolute atomic E-state index is 5.78. The summed E-state index contributed by atoms with van der Waals surface area (Å²) in [5.41, 5.74) is 6.89. The van der Waals surface area contributed by atoms with Crippen molar-refractivity contribution in [3.05, 3.63) is 23.9 Å². The second-order valence-corrected chi connectivity index (χ2v) is 6.15. The van der Waals surface area contributed by atoms with E-state index in [0.29, 0.717) is 5.82 Å². The third kappa shape index (κ3) is 4.50. The molecule has 0 amide bonds. The number of hydrogen-bond donors (Lipinski definition) is 1. The number of nitrogen functional groups attached to an aromatic ring is 1. The van der Waals surface area contributed by atoms with Crippen molar-refractivity contribution in [3.63, 3.8) is 0 Å². The fraction of sp³-hybridized carbons (Fsp3) is 0.688. The molecular weight excluding hydrogens is 234 g/mol. The smallest absolute Gasteiger partial charge is 0.123 e. The summed E-state index contributed by atoms with van der Waals surface area (Å²) in [4.78, 5) is 7.07. The predicted octanol–water partition coefficient (Wildman–Crippen LogP) is 3.45. The predicted molar refractivity (Wildman–Crippen MR) is 80.8 cm³/mol. The number of nitrogens with two attached hydrogens (primary N) is 1. The summed E-state index contributed by atoms with van der Waals surface area (Å²) in [7, 11) is 0. The minimum absolute atomic E-state index is 0.632. The minimum Gasteiger partial charge on any atom is -0.384 e. The zero-order valence-corrected chi connectivity index (χ0v) is 12.3. The number of aromatic nitrogens is 1. The maximum Gasteiger partial charge on any atom is 0.123 e. The molecule has 0 radical (unpaired) electrons. The van der Waals surface area contributed by atoms with Crippen LogP contribution in [-0.2, 0) is 6.54 Å². The van der Waals surface area contributed by atoms with Crippen LogP contribution >= 0.6 is 0 Å². The molecule has 1 aromatic rings. The summed E-state index contributed by atoms with van der Waals surface area (Å²) < 4.78 is 0. The first-order chi connectivity index (χ1) is 9.15. The Labute approximate surface area is 117 Å². The van der Waals surface area contributed by atoms with Crippen LogP contribution in [0.1, 0.15) is 51.6 Å². The Morgan fingerprint density at radius 2 is 2.05 bits per heavy atom. The Bertz CT molecular complexity index is 383. The van der Waals surface area contributed by atoms with E-state index in [2.05, 4.69) is 29.8 Å². The van der Waals surface area contributed by atoms with Gasteiger partial charge in [0.05, 0.1) is 5.69 Å². The molecule has 1 aliphatic carbocycles. The van der Waals surface area contributed by atoms with Gasteiger partial charge in [-0.15, -0.1) is 0 Å². The van der Waals surface area contributed by atoms with Crippen molar-refractivity contribution in [2.75, 3.05) is 12.3 Å². The van der Waals surface area contributed by atoms with Gasteiger partial charge in [0.1, 0.15) is 5.82 Å². The largest absolute Gasteiger partial charge is 0.384 e. The van der Waals surface area contributed by atoms with Crippen LogP contribution in [0.3, 0.4) is 0 Å². The number of pyridine rings is 1. The number of nitrogens with zero attached hydrogens (tertiary/aromatic N) is 2. The van der Waals surface area contributed by atoms with Gasteiger partial charge in [0, 0.05) is 12.6 Å². The summed E-state index contributed by atoms with van der Waals surface area (Å²) in [6.07, 6.45) is 6.72. The van der Waals surface area contributed by atoms with E-state index < -0.39 is 0 Å². The lowest BCUT2D eigenvalue weighted by molar-refractivity contribution is 0.177. The van der Waals surface area contributed by atoms with Crippen LogP contribution in [0.15, 0.2) is 18.2 Å². The minimum atomic E-state index is 0.632. The van der Waals surface area contributed by atoms with Gasteiger partial charge in [0.15, 0.2) is 0 Å². The van der Waals surface area contributed by atoms with Crippen LogP contribution < -0.4 is 5.73 Å². The average Bonchev–Trinajstić information content (AvgIpc) is 2.88. The Hall–Kier alpha value is -1.09. The van der Waals surface area contributed by atoms with Crippen molar-refractivity contribution in [2.45, 2.75) is 58.5 Å². The van der Waals surface area contributed by atoms with E-state index >= 15 is 0 Å². The van der Waals surface area contributed by atoms with Crippen molar-refractivity contribution in [1.29, 1.82) is 0 Å². The van der Waals surface area contributed by atoms with Gasteiger partial charge in [-0.1, -0.05) is 32.8 Å². The summed E-state index contributed by atoms with van der Waals surface area (Å²) in [6.45, 7) is 6.72. The molecule has 0 bridgehead atoms. The van der Waals surface area contributed by atoms with E-state index in [4.69, 9.17) is 5.73 Å². The van der Waals surface area contributed by atoms with Crippen molar-refractivity contribution in [2.24, 2.45) is 5.92 Å². The Kier molecular flexibility index (Phi) is 5.20. The van der Waals surface area contributed by atoms with E-state index in [1.54, 1.807) is 0 Å². The number of anilines is 1. The van der Waals surface area contributed by atoms with Gasteiger partial charge in [0.25, 0.3) is 0 Å². The molecule has 3 nitrogen and oxygen atoms in total. The highest BCUT2D eigenvalue weighted by molar-refractivity contribution is 5.28. The molecule has 0 aliphatic heterocycles. The van der Waals surface area contributed by atoms with Crippen molar-refractivity contribution >= 4 is 5.82 Å². The fourth-order valence-corrected chi connectivity index (χ4v) is 2.88. The maximum atomic E-state index is 5.78. The SMILES string of the molecule is CC(C)CCN(Cc1cccc(N)n1)C1CCCC1. The topological polar surface area (TPSA) is 42.1 Å². The van der Waals surface area contributed by atoms with Gasteiger partial charge in [-0.3, -0.25) is 4.90 Å². The lowest BCUT2D eigenvalue weighted by atomic mass is 10.1. The van der Waals surface area contributed by atoms with Gasteiger partial charge in [-0.2, -0.15) is 0 Å².